The van der Waals surface area contributed by atoms with Gasteiger partial charge in [-0.15, -0.1) is 0 Å². The first kappa shape index (κ1) is 14.0. The molecule has 0 radical (unpaired) electrons. The van der Waals surface area contributed by atoms with Gasteiger partial charge in [-0.05, 0) is 24.6 Å². The van der Waals surface area contributed by atoms with E-state index < -0.39 is 23.9 Å². The maximum absolute atomic E-state index is 13.0. The molecule has 5 nitrogen and oxygen atoms in total. The summed E-state index contributed by atoms with van der Waals surface area (Å²) in [6, 6.07) is 3.96. The van der Waals surface area contributed by atoms with Gasteiger partial charge in [0.05, 0.1) is 0 Å². The number of rotatable bonds is 4. The summed E-state index contributed by atoms with van der Waals surface area (Å²) in [5, 5.41) is 11.2. The number of halogens is 1. The first-order valence-corrected chi connectivity index (χ1v) is 5.48. The number of carbonyl (C=O) groups is 2. The van der Waals surface area contributed by atoms with Gasteiger partial charge in [0.2, 0.25) is 0 Å². The predicted molar refractivity (Wildman–Crippen MR) is 65.0 cm³/mol. The van der Waals surface area contributed by atoms with E-state index in [1.807, 2.05) is 0 Å². The van der Waals surface area contributed by atoms with Gasteiger partial charge in [-0.3, -0.25) is 4.90 Å². The number of carboxylic acid groups (broad SMARTS) is 1. The molecule has 6 heteroatoms. The molecule has 18 heavy (non-hydrogen) atoms. The standard InChI is InChI=1S/C12H15FN2O3/c1-3-10(11(16)17)14-12(18)15(2)9-6-4-5-8(13)7-9/h4-7,10H,3H2,1-2H3,(H,14,18)(H,16,17)/t10-/m1/s1. The van der Waals surface area contributed by atoms with Gasteiger partial charge in [0, 0.05) is 12.7 Å². The Morgan fingerprint density at radius 1 is 1.50 bits per heavy atom. The molecule has 0 bridgehead atoms. The molecule has 98 valence electrons. The molecule has 1 aromatic carbocycles. The van der Waals surface area contributed by atoms with E-state index >= 15 is 0 Å². The van der Waals surface area contributed by atoms with E-state index in [0.717, 1.165) is 4.90 Å². The van der Waals surface area contributed by atoms with E-state index in [-0.39, 0.29) is 6.42 Å². The van der Waals surface area contributed by atoms with E-state index in [1.54, 1.807) is 13.0 Å². The molecule has 0 spiro atoms. The number of hydrogen-bond donors (Lipinski definition) is 2. The maximum Gasteiger partial charge on any atom is 0.326 e. The molecule has 0 unspecified atom stereocenters. The smallest absolute Gasteiger partial charge is 0.326 e. The van der Waals surface area contributed by atoms with Crippen molar-refractivity contribution in [2.45, 2.75) is 19.4 Å². The van der Waals surface area contributed by atoms with Gasteiger partial charge in [0.1, 0.15) is 11.9 Å². The van der Waals surface area contributed by atoms with E-state index in [1.165, 1.54) is 25.2 Å². The maximum atomic E-state index is 13.0. The second-order valence-corrected chi connectivity index (χ2v) is 3.79. The Bertz CT molecular complexity index is 451. The minimum absolute atomic E-state index is 0.276. The fraction of sp³-hybridized carbons (Fsp3) is 0.333. The van der Waals surface area contributed by atoms with Crippen LogP contribution in [0.5, 0.6) is 0 Å². The molecule has 1 atom stereocenters. The molecule has 0 saturated heterocycles. The second-order valence-electron chi connectivity index (χ2n) is 3.79. The van der Waals surface area contributed by atoms with Crippen LogP contribution in [-0.2, 0) is 4.79 Å². The lowest BCUT2D eigenvalue weighted by molar-refractivity contribution is -0.139. The Morgan fingerprint density at radius 2 is 2.17 bits per heavy atom. The van der Waals surface area contributed by atoms with Gasteiger partial charge in [-0.2, -0.15) is 0 Å². The fourth-order valence-electron chi connectivity index (χ4n) is 1.39. The fourth-order valence-corrected chi connectivity index (χ4v) is 1.39. The van der Waals surface area contributed by atoms with Gasteiger partial charge < -0.3 is 10.4 Å². The largest absolute Gasteiger partial charge is 0.480 e. The number of anilines is 1. The van der Waals surface area contributed by atoms with Crippen LogP contribution in [0.4, 0.5) is 14.9 Å². The molecule has 0 heterocycles. The topological polar surface area (TPSA) is 69.6 Å². The number of nitrogens with zero attached hydrogens (tertiary/aromatic N) is 1. The third-order valence-corrected chi connectivity index (χ3v) is 2.50. The number of hydrogen-bond acceptors (Lipinski definition) is 2. The van der Waals surface area contributed by atoms with E-state index in [2.05, 4.69) is 5.32 Å². The molecule has 0 aromatic heterocycles. The quantitative estimate of drug-likeness (QED) is 0.861. The van der Waals surface area contributed by atoms with Gasteiger partial charge in [-0.1, -0.05) is 13.0 Å². The number of carbonyl (C=O) groups excluding carboxylic acids is 1. The van der Waals surface area contributed by atoms with Crippen molar-refractivity contribution in [2.24, 2.45) is 0 Å². The Kier molecular flexibility index (Phi) is 4.65. The van der Waals surface area contributed by atoms with Crippen LogP contribution < -0.4 is 10.2 Å². The van der Waals surface area contributed by atoms with Crippen LogP contribution in [0.1, 0.15) is 13.3 Å². The highest BCUT2D eigenvalue weighted by molar-refractivity contribution is 5.93. The van der Waals surface area contributed by atoms with Gasteiger partial charge in [-0.25, -0.2) is 14.0 Å². The van der Waals surface area contributed by atoms with E-state index in [4.69, 9.17) is 5.11 Å². The minimum Gasteiger partial charge on any atom is -0.480 e. The summed E-state index contributed by atoms with van der Waals surface area (Å²) >= 11 is 0. The zero-order chi connectivity index (χ0) is 13.7. The van der Waals surface area contributed by atoms with Crippen molar-refractivity contribution >= 4 is 17.7 Å². The summed E-state index contributed by atoms with van der Waals surface area (Å²) in [5.74, 6) is -1.56. The van der Waals surface area contributed by atoms with Crippen LogP contribution in [0.3, 0.4) is 0 Å². The first-order valence-electron chi connectivity index (χ1n) is 5.48. The summed E-state index contributed by atoms with van der Waals surface area (Å²) < 4.78 is 13.0. The number of nitrogens with one attached hydrogen (secondary N) is 1. The van der Waals surface area contributed by atoms with E-state index in [9.17, 15) is 14.0 Å². The van der Waals surface area contributed by atoms with Gasteiger partial charge in [0.25, 0.3) is 0 Å². The number of benzene rings is 1. The highest BCUT2D eigenvalue weighted by Gasteiger charge is 2.20. The normalized spacial score (nSPS) is 11.7. The number of carboxylic acids is 1. The van der Waals surface area contributed by atoms with Crippen LogP contribution in [0.25, 0.3) is 0 Å². The molecule has 1 rings (SSSR count). The Hall–Kier alpha value is -2.11. The molecule has 0 fully saturated rings. The molecule has 2 amide bonds. The summed E-state index contributed by atoms with van der Waals surface area (Å²) in [4.78, 5) is 23.7. The van der Waals surface area contributed by atoms with Crippen molar-refractivity contribution in [3.05, 3.63) is 30.1 Å². The van der Waals surface area contributed by atoms with Gasteiger partial charge >= 0.3 is 12.0 Å². The van der Waals surface area contributed by atoms with Crippen molar-refractivity contribution in [3.63, 3.8) is 0 Å². The average molecular weight is 254 g/mol. The Labute approximate surface area is 104 Å². The van der Waals surface area contributed by atoms with Crippen LogP contribution in [-0.4, -0.2) is 30.2 Å². The Morgan fingerprint density at radius 3 is 2.67 bits per heavy atom. The summed E-state index contributed by atoms with van der Waals surface area (Å²) in [5.41, 5.74) is 0.354. The molecular formula is C12H15FN2O3. The molecule has 0 aliphatic heterocycles. The molecule has 1 aromatic rings. The predicted octanol–water partition coefficient (Wildman–Crippen LogP) is 1.83. The third kappa shape index (κ3) is 3.44. The average Bonchev–Trinajstić information content (AvgIpc) is 2.34. The zero-order valence-electron chi connectivity index (χ0n) is 10.2. The monoisotopic (exact) mass is 254 g/mol. The lowest BCUT2D eigenvalue weighted by Gasteiger charge is -2.20. The van der Waals surface area contributed by atoms with Crippen LogP contribution >= 0.6 is 0 Å². The Balaban J connectivity index is 2.75. The first-order chi connectivity index (χ1) is 8.45. The van der Waals surface area contributed by atoms with Crippen molar-refractivity contribution in [2.75, 3.05) is 11.9 Å². The lowest BCUT2D eigenvalue weighted by atomic mass is 10.2. The SMILES string of the molecule is CC[C@@H](NC(=O)N(C)c1cccc(F)c1)C(=O)O. The van der Waals surface area contributed by atoms with Crippen LogP contribution in [0.2, 0.25) is 0 Å². The zero-order valence-corrected chi connectivity index (χ0v) is 10.2. The number of aliphatic carboxylic acids is 1. The van der Waals surface area contributed by atoms with Gasteiger partial charge in [0.15, 0.2) is 0 Å². The molecule has 2 N–H and O–H groups in total. The highest BCUT2D eigenvalue weighted by Crippen LogP contribution is 2.14. The van der Waals surface area contributed by atoms with Crippen LogP contribution in [0.15, 0.2) is 24.3 Å². The summed E-state index contributed by atoms with van der Waals surface area (Å²) in [6.07, 6.45) is 0.276. The number of urea groups is 1. The summed E-state index contributed by atoms with van der Waals surface area (Å²) in [7, 11) is 1.44. The second kappa shape index (κ2) is 6.00. The van der Waals surface area contributed by atoms with Crippen molar-refractivity contribution in [3.8, 4) is 0 Å². The summed E-state index contributed by atoms with van der Waals surface area (Å²) in [6.45, 7) is 1.65. The molecule has 0 aliphatic rings. The highest BCUT2D eigenvalue weighted by atomic mass is 19.1. The van der Waals surface area contributed by atoms with Crippen molar-refractivity contribution in [1.82, 2.24) is 5.32 Å². The van der Waals surface area contributed by atoms with E-state index in [0.29, 0.717) is 5.69 Å². The third-order valence-electron chi connectivity index (χ3n) is 2.50. The molecule has 0 aliphatic carbocycles. The van der Waals surface area contributed by atoms with Crippen molar-refractivity contribution < 1.29 is 19.1 Å². The van der Waals surface area contributed by atoms with Crippen molar-refractivity contribution in [1.29, 1.82) is 0 Å². The number of amides is 2. The van der Waals surface area contributed by atoms with Crippen LogP contribution in [0, 0.1) is 5.82 Å². The lowest BCUT2D eigenvalue weighted by Crippen LogP contribution is -2.46. The molecular weight excluding hydrogens is 239 g/mol. The minimum atomic E-state index is -1.10. The molecule has 0 saturated carbocycles.